The molecule has 0 nitrogen and oxygen atoms in total. The van der Waals surface area contributed by atoms with E-state index in [1.54, 1.807) is 20.8 Å². The van der Waals surface area contributed by atoms with Gasteiger partial charge in [-0.1, -0.05) is 20.8 Å². The smallest absolute Gasteiger partial charge is 0.171 e. The molecule has 0 amide bonds. The molecule has 0 aromatic rings. The van der Waals surface area contributed by atoms with E-state index >= 15 is 0 Å². The van der Waals surface area contributed by atoms with Crippen LogP contribution in [0.3, 0.4) is 0 Å². The summed E-state index contributed by atoms with van der Waals surface area (Å²) >= 11 is 0. The van der Waals surface area contributed by atoms with Crippen molar-refractivity contribution in [3.8, 4) is 12.3 Å². The van der Waals surface area contributed by atoms with Crippen molar-refractivity contribution < 1.29 is 13.2 Å². The van der Waals surface area contributed by atoms with Gasteiger partial charge in [-0.05, 0) is 5.41 Å². The fraction of sp³-hybridized carbons (Fsp3) is 0.778. The normalized spacial score (nSPS) is 15.4. The van der Waals surface area contributed by atoms with Gasteiger partial charge in [0.25, 0.3) is 0 Å². The fourth-order valence-corrected chi connectivity index (χ4v) is 1.03. The Balaban J connectivity index is 4.59. The molecule has 1 atom stereocenters. The van der Waals surface area contributed by atoms with Gasteiger partial charge < -0.3 is 0 Å². The molecule has 0 rings (SSSR count). The van der Waals surface area contributed by atoms with E-state index in [1.807, 2.05) is 0 Å². The topological polar surface area (TPSA) is 0 Å². The van der Waals surface area contributed by atoms with E-state index < -0.39 is 17.5 Å². The summed E-state index contributed by atoms with van der Waals surface area (Å²) in [7, 11) is 0. The first-order chi connectivity index (χ1) is 5.19. The first-order valence-corrected chi connectivity index (χ1v) is 3.69. The average Bonchev–Trinajstić information content (AvgIpc) is 1.77. The molecule has 0 aliphatic rings. The number of halogens is 3. The molecule has 12 heavy (non-hydrogen) atoms. The third-order valence-electron chi connectivity index (χ3n) is 1.76. The molecule has 0 saturated heterocycles. The van der Waals surface area contributed by atoms with Gasteiger partial charge in [0.1, 0.15) is 0 Å². The predicted octanol–water partition coefficient (Wildman–Crippen LogP) is 3.23. The summed E-state index contributed by atoms with van der Waals surface area (Å²) < 4.78 is 36.9. The number of rotatable bonds is 1. The van der Waals surface area contributed by atoms with Gasteiger partial charge in [-0.15, -0.1) is 12.3 Å². The highest BCUT2D eigenvalue weighted by Gasteiger charge is 2.45. The SMILES string of the molecule is C#CCC(C(C)(C)C)C(F)(F)F. The van der Waals surface area contributed by atoms with Crippen molar-refractivity contribution >= 4 is 0 Å². The van der Waals surface area contributed by atoms with E-state index in [4.69, 9.17) is 6.42 Å². The van der Waals surface area contributed by atoms with E-state index in [9.17, 15) is 13.2 Å². The average molecular weight is 178 g/mol. The van der Waals surface area contributed by atoms with Crippen LogP contribution >= 0.6 is 0 Å². The van der Waals surface area contributed by atoms with Crippen LogP contribution in [0.1, 0.15) is 27.2 Å². The second-order valence-corrected chi connectivity index (χ2v) is 3.87. The molecule has 0 aliphatic heterocycles. The van der Waals surface area contributed by atoms with Crippen molar-refractivity contribution in [1.82, 2.24) is 0 Å². The Labute approximate surface area is 71.2 Å². The molecule has 0 bridgehead atoms. The summed E-state index contributed by atoms with van der Waals surface area (Å²) in [6.45, 7) is 4.63. The van der Waals surface area contributed by atoms with Gasteiger partial charge in [0.15, 0.2) is 0 Å². The minimum Gasteiger partial charge on any atom is -0.171 e. The van der Waals surface area contributed by atoms with E-state index in [1.165, 1.54) is 0 Å². The van der Waals surface area contributed by atoms with Crippen molar-refractivity contribution in [1.29, 1.82) is 0 Å². The molecule has 0 fully saturated rings. The quantitative estimate of drug-likeness (QED) is 0.541. The number of terminal acetylenes is 1. The lowest BCUT2D eigenvalue weighted by Crippen LogP contribution is -2.34. The zero-order valence-electron chi connectivity index (χ0n) is 7.50. The fourth-order valence-electron chi connectivity index (χ4n) is 1.03. The predicted molar refractivity (Wildman–Crippen MR) is 42.5 cm³/mol. The molecule has 0 spiro atoms. The second kappa shape index (κ2) is 3.38. The van der Waals surface area contributed by atoms with Gasteiger partial charge in [-0.2, -0.15) is 13.2 Å². The van der Waals surface area contributed by atoms with Crippen LogP contribution in [0.25, 0.3) is 0 Å². The van der Waals surface area contributed by atoms with Crippen LogP contribution in [0.2, 0.25) is 0 Å². The molecule has 1 unspecified atom stereocenters. The Morgan fingerprint density at radius 2 is 1.67 bits per heavy atom. The van der Waals surface area contributed by atoms with Crippen molar-refractivity contribution in [2.75, 3.05) is 0 Å². The van der Waals surface area contributed by atoms with Gasteiger partial charge in [0.05, 0.1) is 5.92 Å². The minimum absolute atomic E-state index is 0.243. The molecule has 0 aromatic carbocycles. The van der Waals surface area contributed by atoms with Gasteiger partial charge in [-0.25, -0.2) is 0 Å². The minimum atomic E-state index is -4.19. The Morgan fingerprint density at radius 1 is 1.25 bits per heavy atom. The highest BCUT2D eigenvalue weighted by atomic mass is 19.4. The van der Waals surface area contributed by atoms with Gasteiger partial charge in [-0.3, -0.25) is 0 Å². The Morgan fingerprint density at radius 3 is 1.75 bits per heavy atom. The van der Waals surface area contributed by atoms with Crippen LogP contribution in [0.4, 0.5) is 13.2 Å². The Kier molecular flexibility index (Phi) is 3.20. The molecule has 0 heterocycles. The maximum absolute atomic E-state index is 12.3. The molecule has 0 N–H and O–H groups in total. The summed E-state index contributed by atoms with van der Waals surface area (Å²) in [5.41, 5.74) is -0.815. The molecule has 0 radical (unpaired) electrons. The van der Waals surface area contributed by atoms with Crippen molar-refractivity contribution in [3.63, 3.8) is 0 Å². The van der Waals surface area contributed by atoms with E-state index in [0.29, 0.717) is 0 Å². The zero-order valence-corrected chi connectivity index (χ0v) is 7.50. The monoisotopic (exact) mass is 178 g/mol. The summed E-state index contributed by atoms with van der Waals surface area (Å²) in [6, 6.07) is 0. The van der Waals surface area contributed by atoms with Crippen LogP contribution in [0, 0.1) is 23.7 Å². The summed E-state index contributed by atoms with van der Waals surface area (Å²) in [4.78, 5) is 0. The lowest BCUT2D eigenvalue weighted by atomic mass is 9.78. The van der Waals surface area contributed by atoms with Crippen LogP contribution in [0.5, 0.6) is 0 Å². The largest absolute Gasteiger partial charge is 0.393 e. The van der Waals surface area contributed by atoms with Gasteiger partial charge in [0, 0.05) is 6.42 Å². The molecule has 0 aliphatic carbocycles. The molecule has 0 aromatic heterocycles. The molecule has 70 valence electrons. The molecule has 0 saturated carbocycles. The highest BCUT2D eigenvalue weighted by Crippen LogP contribution is 2.41. The standard InChI is InChI=1S/C9H13F3/c1-5-6-7(8(2,3)4)9(10,11)12/h1,7H,6H2,2-4H3. The third kappa shape index (κ3) is 3.17. The number of hydrogen-bond acceptors (Lipinski definition) is 0. The summed E-state index contributed by atoms with van der Waals surface area (Å²) in [6.07, 6.45) is 0.440. The second-order valence-electron chi connectivity index (χ2n) is 3.87. The van der Waals surface area contributed by atoms with Crippen LogP contribution < -0.4 is 0 Å². The van der Waals surface area contributed by atoms with E-state index in [2.05, 4.69) is 5.92 Å². The van der Waals surface area contributed by atoms with Crippen LogP contribution in [-0.2, 0) is 0 Å². The molecular formula is C9H13F3. The molecular weight excluding hydrogens is 165 g/mol. The van der Waals surface area contributed by atoms with E-state index in [-0.39, 0.29) is 6.42 Å². The highest BCUT2D eigenvalue weighted by molar-refractivity contribution is 4.93. The first kappa shape index (κ1) is 11.4. The summed E-state index contributed by atoms with van der Waals surface area (Å²) in [5.74, 6) is 0.653. The van der Waals surface area contributed by atoms with Gasteiger partial charge >= 0.3 is 6.18 Å². The zero-order chi connectivity index (χ0) is 9.99. The Bertz CT molecular complexity index is 163. The number of alkyl halides is 3. The first-order valence-electron chi connectivity index (χ1n) is 3.69. The van der Waals surface area contributed by atoms with E-state index in [0.717, 1.165) is 0 Å². The van der Waals surface area contributed by atoms with Crippen molar-refractivity contribution in [2.24, 2.45) is 11.3 Å². The maximum atomic E-state index is 12.3. The van der Waals surface area contributed by atoms with Crippen molar-refractivity contribution in [3.05, 3.63) is 0 Å². The van der Waals surface area contributed by atoms with Crippen LogP contribution in [0.15, 0.2) is 0 Å². The van der Waals surface area contributed by atoms with Crippen LogP contribution in [-0.4, -0.2) is 6.18 Å². The molecule has 3 heteroatoms. The Hall–Kier alpha value is -0.650. The lowest BCUT2D eigenvalue weighted by Gasteiger charge is -2.30. The van der Waals surface area contributed by atoms with Gasteiger partial charge in [0.2, 0.25) is 0 Å². The van der Waals surface area contributed by atoms with Crippen molar-refractivity contribution in [2.45, 2.75) is 33.4 Å². The third-order valence-corrected chi connectivity index (χ3v) is 1.76. The maximum Gasteiger partial charge on any atom is 0.393 e. The number of hydrogen-bond donors (Lipinski definition) is 0. The lowest BCUT2D eigenvalue weighted by molar-refractivity contribution is -0.198. The summed E-state index contributed by atoms with van der Waals surface area (Å²) in [5, 5.41) is 0.